The smallest absolute Gasteiger partial charge is 0.387 e. The molecule has 0 aliphatic carbocycles. The molecule has 1 heterocycles. The summed E-state index contributed by atoms with van der Waals surface area (Å²) in [6.07, 6.45) is 2.06. The molecule has 1 aromatic rings. The molecule has 0 saturated carbocycles. The Labute approximate surface area is 141 Å². The predicted octanol–water partition coefficient (Wildman–Crippen LogP) is 3.45. The summed E-state index contributed by atoms with van der Waals surface area (Å²) < 4.78 is 29.5. The van der Waals surface area contributed by atoms with E-state index in [1.165, 1.54) is 6.07 Å². The molecule has 0 aromatic heterocycles. The normalized spacial score (nSPS) is 17.6. The molecular formula is C17H25F2N3O2. The minimum Gasteiger partial charge on any atom is -0.433 e. The molecule has 24 heavy (non-hydrogen) atoms. The fraction of sp³-hybridized carbons (Fsp3) is 0.588. The van der Waals surface area contributed by atoms with Crippen molar-refractivity contribution in [1.29, 1.82) is 0 Å². The summed E-state index contributed by atoms with van der Waals surface area (Å²) in [5, 5.41) is 5.55. The number of hydrogen-bond acceptors (Lipinski definition) is 3. The van der Waals surface area contributed by atoms with Crippen LogP contribution in [0.25, 0.3) is 0 Å². The number of anilines is 1. The summed E-state index contributed by atoms with van der Waals surface area (Å²) in [5.41, 5.74) is 0.932. The maximum Gasteiger partial charge on any atom is 0.387 e. The third kappa shape index (κ3) is 5.06. The molecule has 2 N–H and O–H groups in total. The number of ether oxygens (including phenoxy) is 1. The van der Waals surface area contributed by atoms with Crippen LogP contribution in [-0.4, -0.2) is 43.7 Å². The molecule has 134 valence electrons. The van der Waals surface area contributed by atoms with Gasteiger partial charge in [-0.05, 0) is 64.4 Å². The minimum atomic E-state index is -2.94. The van der Waals surface area contributed by atoms with Crippen LogP contribution >= 0.6 is 0 Å². The van der Waals surface area contributed by atoms with Gasteiger partial charge in [-0.3, -0.25) is 0 Å². The van der Waals surface area contributed by atoms with Gasteiger partial charge in [0, 0.05) is 6.04 Å². The highest BCUT2D eigenvalue weighted by molar-refractivity contribution is 5.92. The Bertz CT molecular complexity index is 561. The molecule has 1 atom stereocenters. The van der Waals surface area contributed by atoms with Crippen molar-refractivity contribution in [2.45, 2.75) is 39.3 Å². The Morgan fingerprint density at radius 3 is 2.62 bits per heavy atom. The van der Waals surface area contributed by atoms with Gasteiger partial charge >= 0.3 is 12.6 Å². The van der Waals surface area contributed by atoms with E-state index < -0.39 is 12.6 Å². The second-order valence-corrected chi connectivity index (χ2v) is 6.35. The first-order valence-electron chi connectivity index (χ1n) is 8.17. The summed E-state index contributed by atoms with van der Waals surface area (Å²) in [4.78, 5) is 14.5. The SMILES string of the molecule is Cc1cccc(OC(F)F)c1NC(=O)NC(C)C1CCN(C)CC1. The topological polar surface area (TPSA) is 53.6 Å². The Kier molecular flexibility index (Phi) is 6.36. The Balaban J connectivity index is 1.97. The lowest BCUT2D eigenvalue weighted by molar-refractivity contribution is -0.0493. The number of para-hydroxylation sites is 1. The van der Waals surface area contributed by atoms with Crippen LogP contribution in [0.2, 0.25) is 0 Å². The molecule has 1 unspecified atom stereocenters. The van der Waals surface area contributed by atoms with E-state index in [9.17, 15) is 13.6 Å². The quantitative estimate of drug-likeness (QED) is 0.862. The van der Waals surface area contributed by atoms with Gasteiger partial charge in [0.15, 0.2) is 0 Å². The predicted molar refractivity (Wildman–Crippen MR) is 89.6 cm³/mol. The molecule has 1 aliphatic rings. The average molecular weight is 341 g/mol. The number of halogens is 2. The molecule has 0 bridgehead atoms. The first-order valence-corrected chi connectivity index (χ1v) is 8.17. The number of urea groups is 1. The van der Waals surface area contributed by atoms with E-state index in [0.29, 0.717) is 11.5 Å². The van der Waals surface area contributed by atoms with Crippen LogP contribution in [0.1, 0.15) is 25.3 Å². The zero-order valence-electron chi connectivity index (χ0n) is 14.3. The number of aryl methyl sites for hydroxylation is 1. The van der Waals surface area contributed by atoms with Crippen LogP contribution in [0.4, 0.5) is 19.3 Å². The average Bonchev–Trinajstić information content (AvgIpc) is 2.50. The number of amides is 2. The third-order valence-corrected chi connectivity index (χ3v) is 4.52. The molecule has 1 aromatic carbocycles. The number of piperidine rings is 1. The highest BCUT2D eigenvalue weighted by Gasteiger charge is 2.24. The van der Waals surface area contributed by atoms with Gasteiger partial charge in [-0.2, -0.15) is 8.78 Å². The molecule has 1 fully saturated rings. The lowest BCUT2D eigenvalue weighted by atomic mass is 9.90. The Morgan fingerprint density at radius 2 is 2.00 bits per heavy atom. The molecule has 0 radical (unpaired) electrons. The van der Waals surface area contributed by atoms with Crippen LogP contribution < -0.4 is 15.4 Å². The lowest BCUT2D eigenvalue weighted by Crippen LogP contribution is -2.44. The van der Waals surface area contributed by atoms with E-state index in [1.54, 1.807) is 19.1 Å². The van der Waals surface area contributed by atoms with Crippen LogP contribution in [0, 0.1) is 12.8 Å². The number of carbonyl (C=O) groups is 1. The van der Waals surface area contributed by atoms with E-state index in [2.05, 4.69) is 27.3 Å². The van der Waals surface area contributed by atoms with Gasteiger partial charge in [-0.1, -0.05) is 12.1 Å². The van der Waals surface area contributed by atoms with Gasteiger partial charge in [0.05, 0.1) is 5.69 Å². The molecule has 1 aliphatic heterocycles. The molecule has 7 heteroatoms. The van der Waals surface area contributed by atoms with E-state index in [0.717, 1.165) is 25.9 Å². The van der Waals surface area contributed by atoms with Crippen molar-refractivity contribution in [1.82, 2.24) is 10.2 Å². The number of carbonyl (C=O) groups excluding carboxylic acids is 1. The van der Waals surface area contributed by atoms with Gasteiger partial charge in [-0.25, -0.2) is 4.79 Å². The van der Waals surface area contributed by atoms with Crippen LogP contribution in [-0.2, 0) is 0 Å². The monoisotopic (exact) mass is 341 g/mol. The van der Waals surface area contributed by atoms with Crippen LogP contribution in [0.15, 0.2) is 18.2 Å². The molecule has 2 amide bonds. The molecule has 5 nitrogen and oxygen atoms in total. The number of benzene rings is 1. The van der Waals surface area contributed by atoms with Crippen molar-refractivity contribution >= 4 is 11.7 Å². The van der Waals surface area contributed by atoms with Crippen molar-refractivity contribution in [3.05, 3.63) is 23.8 Å². The maximum atomic E-state index is 12.5. The van der Waals surface area contributed by atoms with Crippen LogP contribution in [0.3, 0.4) is 0 Å². The standard InChI is InChI=1S/C17H25F2N3O2/c1-11-5-4-6-14(24-16(18)19)15(11)21-17(23)20-12(2)13-7-9-22(3)10-8-13/h4-6,12-13,16H,7-10H2,1-3H3,(H2,20,21,23). The zero-order valence-corrected chi connectivity index (χ0v) is 14.3. The largest absolute Gasteiger partial charge is 0.433 e. The van der Waals surface area contributed by atoms with Gasteiger partial charge in [0.2, 0.25) is 0 Å². The summed E-state index contributed by atoms with van der Waals surface area (Å²) >= 11 is 0. The number of rotatable bonds is 5. The third-order valence-electron chi connectivity index (χ3n) is 4.52. The molecule has 0 spiro atoms. The van der Waals surface area contributed by atoms with Crippen molar-refractivity contribution in [3.8, 4) is 5.75 Å². The van der Waals surface area contributed by atoms with E-state index in [-0.39, 0.29) is 17.5 Å². The van der Waals surface area contributed by atoms with Gasteiger partial charge in [0.1, 0.15) is 5.75 Å². The summed E-state index contributed by atoms with van der Waals surface area (Å²) in [7, 11) is 2.09. The number of nitrogens with one attached hydrogen (secondary N) is 2. The first kappa shape index (κ1) is 18.4. The van der Waals surface area contributed by atoms with Gasteiger partial charge in [-0.15, -0.1) is 0 Å². The molecule has 1 saturated heterocycles. The van der Waals surface area contributed by atoms with Crippen molar-refractivity contribution in [2.75, 3.05) is 25.5 Å². The van der Waals surface area contributed by atoms with Crippen LogP contribution in [0.5, 0.6) is 5.75 Å². The van der Waals surface area contributed by atoms with E-state index in [4.69, 9.17) is 0 Å². The number of hydrogen-bond donors (Lipinski definition) is 2. The van der Waals surface area contributed by atoms with Crippen molar-refractivity contribution in [2.24, 2.45) is 5.92 Å². The van der Waals surface area contributed by atoms with Gasteiger partial charge in [0.25, 0.3) is 0 Å². The van der Waals surface area contributed by atoms with E-state index >= 15 is 0 Å². The fourth-order valence-electron chi connectivity index (χ4n) is 3.00. The number of alkyl halides is 2. The molecule has 2 rings (SSSR count). The van der Waals surface area contributed by atoms with Crippen molar-refractivity contribution < 1.29 is 18.3 Å². The second kappa shape index (κ2) is 8.28. The highest BCUT2D eigenvalue weighted by atomic mass is 19.3. The highest BCUT2D eigenvalue weighted by Crippen LogP contribution is 2.29. The zero-order chi connectivity index (χ0) is 17.7. The summed E-state index contributed by atoms with van der Waals surface area (Å²) in [5.74, 6) is 0.382. The molecular weight excluding hydrogens is 316 g/mol. The Hall–Kier alpha value is -1.89. The van der Waals surface area contributed by atoms with E-state index in [1.807, 2.05) is 6.92 Å². The Morgan fingerprint density at radius 1 is 1.33 bits per heavy atom. The minimum absolute atomic E-state index is 0.0159. The van der Waals surface area contributed by atoms with Gasteiger partial charge < -0.3 is 20.3 Å². The summed E-state index contributed by atoms with van der Waals surface area (Å²) in [6.45, 7) is 2.80. The fourth-order valence-corrected chi connectivity index (χ4v) is 3.00. The number of likely N-dealkylation sites (tertiary alicyclic amines) is 1. The second-order valence-electron chi connectivity index (χ2n) is 6.35. The summed E-state index contributed by atoms with van der Waals surface area (Å²) in [6, 6.07) is 4.36. The maximum absolute atomic E-state index is 12.5. The first-order chi connectivity index (χ1) is 11.4. The van der Waals surface area contributed by atoms with Crippen molar-refractivity contribution in [3.63, 3.8) is 0 Å². The lowest BCUT2D eigenvalue weighted by Gasteiger charge is -2.33. The number of nitrogens with zero attached hydrogens (tertiary/aromatic N) is 1.